The van der Waals surface area contributed by atoms with Crippen LogP contribution < -0.4 is 26.2 Å². The van der Waals surface area contributed by atoms with Gasteiger partial charge in [-0.2, -0.15) is 0 Å². The van der Waals surface area contributed by atoms with Crippen LogP contribution in [0.15, 0.2) is 108 Å². The summed E-state index contributed by atoms with van der Waals surface area (Å²) in [6.07, 6.45) is 5.56. The first-order chi connectivity index (χ1) is 28.3. The number of nitrogens with one attached hydrogen (secondary N) is 4. The fourth-order valence-corrected chi connectivity index (χ4v) is 8.10. The van der Waals surface area contributed by atoms with Gasteiger partial charge in [0.1, 0.15) is 17.6 Å². The second-order valence-electron chi connectivity index (χ2n) is 15.4. The zero-order valence-corrected chi connectivity index (χ0v) is 32.7. The number of phenolic OH excluding ortho intramolecular Hbond substituents is 1. The number of amides is 2. The van der Waals surface area contributed by atoms with Gasteiger partial charge in [-0.15, -0.1) is 0 Å². The number of carbonyl (C=O) groups excluding carboxylic acids is 2. The molecule has 2 fully saturated rings. The number of benzene rings is 4. The van der Waals surface area contributed by atoms with E-state index in [9.17, 15) is 24.6 Å². The molecule has 4 aromatic carbocycles. The molecule has 1 aliphatic heterocycles. The number of likely N-dealkylation sites (tertiary alicyclic amines) is 1. The Morgan fingerprint density at radius 1 is 0.845 bits per heavy atom. The molecule has 2 aliphatic rings. The Kier molecular flexibility index (Phi) is 13.7. The summed E-state index contributed by atoms with van der Waals surface area (Å²) in [5, 5.41) is 30.9. The molecule has 2 amide bonds. The Balaban J connectivity index is 0.742. The van der Waals surface area contributed by atoms with E-state index in [1.807, 2.05) is 78.9 Å². The van der Waals surface area contributed by atoms with E-state index in [0.717, 1.165) is 87.0 Å². The number of H-pyrrole nitrogens is 1. The Morgan fingerprint density at radius 3 is 2.36 bits per heavy atom. The van der Waals surface area contributed by atoms with Crippen molar-refractivity contribution in [2.24, 2.45) is 5.92 Å². The molecule has 6 N–H and O–H groups in total. The summed E-state index contributed by atoms with van der Waals surface area (Å²) >= 11 is 0. The van der Waals surface area contributed by atoms with E-state index in [2.05, 4.69) is 25.8 Å². The third-order valence-electron chi connectivity index (χ3n) is 11.3. The molecular weight excluding hydrogens is 735 g/mol. The fraction of sp³-hybridized carbons (Fsp3) is 0.370. The second kappa shape index (κ2) is 19.6. The SMILES string of the molecule is O=C(COc1ccc(CNC[C@@H](O)c2ccc(O)c3[nH]c(=O)ccc23)cc1)NC1CCC(CCN2CCC(OC(=O)Nc3ccccc3-c3ccccc3)CC2)CC1. The number of aliphatic hydroxyl groups is 1. The third-order valence-corrected chi connectivity index (χ3v) is 11.3. The lowest BCUT2D eigenvalue weighted by molar-refractivity contribution is -0.124. The monoisotopic (exact) mass is 787 g/mol. The van der Waals surface area contributed by atoms with Crippen LogP contribution in [0.1, 0.15) is 62.2 Å². The van der Waals surface area contributed by atoms with Gasteiger partial charge in [0, 0.05) is 49.2 Å². The average Bonchev–Trinajstić information content (AvgIpc) is 3.24. The number of pyridine rings is 1. The van der Waals surface area contributed by atoms with E-state index >= 15 is 0 Å². The molecule has 1 saturated carbocycles. The molecule has 12 heteroatoms. The predicted octanol–water partition coefficient (Wildman–Crippen LogP) is 6.88. The van der Waals surface area contributed by atoms with Gasteiger partial charge in [-0.05, 0) is 104 Å². The maximum Gasteiger partial charge on any atom is 0.411 e. The lowest BCUT2D eigenvalue weighted by Gasteiger charge is -2.34. The van der Waals surface area contributed by atoms with Crippen molar-refractivity contribution in [3.8, 4) is 22.6 Å². The smallest absolute Gasteiger partial charge is 0.411 e. The maximum absolute atomic E-state index is 12.8. The van der Waals surface area contributed by atoms with Gasteiger partial charge in [-0.1, -0.05) is 66.7 Å². The molecule has 1 aromatic heterocycles. The minimum absolute atomic E-state index is 0.0438. The largest absolute Gasteiger partial charge is 0.506 e. The van der Waals surface area contributed by atoms with Crippen LogP contribution in [0.5, 0.6) is 11.5 Å². The Bertz CT molecular complexity index is 2180. The van der Waals surface area contributed by atoms with Crippen LogP contribution in [0.25, 0.3) is 22.0 Å². The molecule has 12 nitrogen and oxygen atoms in total. The summed E-state index contributed by atoms with van der Waals surface area (Å²) in [7, 11) is 0. The number of carbonyl (C=O) groups is 2. The summed E-state index contributed by atoms with van der Waals surface area (Å²) in [5.74, 6) is 1.09. The van der Waals surface area contributed by atoms with Gasteiger partial charge in [0.25, 0.3) is 5.91 Å². The molecule has 304 valence electrons. The minimum atomic E-state index is -0.848. The van der Waals surface area contributed by atoms with Gasteiger partial charge in [0.15, 0.2) is 6.61 Å². The van der Waals surface area contributed by atoms with Crippen molar-refractivity contribution in [1.82, 2.24) is 20.5 Å². The molecule has 0 bridgehead atoms. The van der Waals surface area contributed by atoms with E-state index in [1.54, 1.807) is 12.1 Å². The number of para-hydroxylation sites is 1. The van der Waals surface area contributed by atoms with Crippen LogP contribution in [-0.4, -0.2) is 77.0 Å². The maximum atomic E-state index is 12.8. The number of aromatic hydroxyl groups is 1. The summed E-state index contributed by atoms with van der Waals surface area (Å²) in [4.78, 5) is 42.3. The summed E-state index contributed by atoms with van der Waals surface area (Å²) in [5.41, 5.74) is 4.32. The van der Waals surface area contributed by atoms with Crippen molar-refractivity contribution < 1.29 is 29.3 Å². The van der Waals surface area contributed by atoms with E-state index in [0.29, 0.717) is 34.7 Å². The van der Waals surface area contributed by atoms with Crippen LogP contribution in [0.3, 0.4) is 0 Å². The molecule has 0 spiro atoms. The molecule has 58 heavy (non-hydrogen) atoms. The molecule has 0 radical (unpaired) electrons. The Labute approximate surface area is 338 Å². The fourth-order valence-electron chi connectivity index (χ4n) is 8.10. The van der Waals surface area contributed by atoms with Crippen molar-refractivity contribution in [1.29, 1.82) is 0 Å². The zero-order valence-electron chi connectivity index (χ0n) is 32.7. The van der Waals surface area contributed by atoms with Gasteiger partial charge in [0.05, 0.1) is 17.3 Å². The van der Waals surface area contributed by atoms with Gasteiger partial charge >= 0.3 is 6.09 Å². The second-order valence-corrected chi connectivity index (χ2v) is 15.4. The summed E-state index contributed by atoms with van der Waals surface area (Å²) in [6, 6.07) is 31.5. The van der Waals surface area contributed by atoms with Gasteiger partial charge < -0.3 is 40.2 Å². The Hall–Kier alpha value is -5.69. The van der Waals surface area contributed by atoms with Crippen molar-refractivity contribution in [2.75, 3.05) is 38.1 Å². The summed E-state index contributed by atoms with van der Waals surface area (Å²) in [6.45, 7) is 3.60. The van der Waals surface area contributed by atoms with Crippen LogP contribution in [0, 0.1) is 5.92 Å². The number of phenols is 1. The predicted molar refractivity (Wildman–Crippen MR) is 225 cm³/mol. The number of ether oxygens (including phenoxy) is 2. The van der Waals surface area contributed by atoms with Crippen LogP contribution in [-0.2, 0) is 16.1 Å². The molecule has 0 unspecified atom stereocenters. The highest BCUT2D eigenvalue weighted by atomic mass is 16.6. The van der Waals surface area contributed by atoms with Gasteiger partial charge in [-0.3, -0.25) is 14.9 Å². The minimum Gasteiger partial charge on any atom is -0.506 e. The van der Waals surface area contributed by atoms with Crippen LogP contribution in [0.4, 0.5) is 10.5 Å². The van der Waals surface area contributed by atoms with E-state index in [1.165, 1.54) is 12.1 Å². The molecule has 1 aliphatic carbocycles. The number of aliphatic hydroxyl groups excluding tert-OH is 1. The van der Waals surface area contributed by atoms with Crippen molar-refractivity contribution in [3.05, 3.63) is 125 Å². The van der Waals surface area contributed by atoms with Crippen molar-refractivity contribution in [2.45, 2.75) is 69.7 Å². The number of fused-ring (bicyclic) bond motifs is 1. The van der Waals surface area contributed by atoms with Gasteiger partial charge in [-0.25, -0.2) is 4.79 Å². The molecule has 1 atom stereocenters. The number of aromatic nitrogens is 1. The van der Waals surface area contributed by atoms with E-state index in [-0.39, 0.29) is 42.5 Å². The highest BCUT2D eigenvalue weighted by Gasteiger charge is 2.26. The first kappa shape index (κ1) is 40.5. The van der Waals surface area contributed by atoms with Gasteiger partial charge in [0.2, 0.25) is 5.56 Å². The Morgan fingerprint density at radius 2 is 1.59 bits per heavy atom. The first-order valence-corrected chi connectivity index (χ1v) is 20.4. The van der Waals surface area contributed by atoms with Crippen molar-refractivity contribution in [3.63, 3.8) is 0 Å². The molecule has 5 aromatic rings. The summed E-state index contributed by atoms with van der Waals surface area (Å²) < 4.78 is 11.6. The number of anilines is 1. The molecule has 2 heterocycles. The molecule has 7 rings (SSSR count). The number of piperidine rings is 1. The number of hydrogen-bond acceptors (Lipinski definition) is 9. The standard InChI is InChI=1S/C46H53N5O7/c52-41-20-18-38(39-19-21-43(54)50-45(39)41)42(53)29-47-28-32-12-16-35(17-13-32)57-30-44(55)48-34-14-10-31(11-15-34)22-25-51-26-23-36(24-27-51)58-46(56)49-40-9-5-4-8-37(40)33-6-2-1-3-7-33/h1-9,12-13,16-21,31,34,36,42,47,52-53H,10-11,14-15,22-30H2,(H,48,55)(H,49,56)(H,50,54)/t31?,34?,42-/m1/s1. The lowest BCUT2D eigenvalue weighted by Crippen LogP contribution is -2.41. The number of hydrogen-bond donors (Lipinski definition) is 6. The third kappa shape index (κ3) is 11.0. The number of rotatable bonds is 15. The van der Waals surface area contributed by atoms with Crippen LogP contribution >= 0.6 is 0 Å². The molecule has 1 saturated heterocycles. The number of aromatic amines is 1. The van der Waals surface area contributed by atoms with E-state index < -0.39 is 12.2 Å². The highest BCUT2D eigenvalue weighted by molar-refractivity contribution is 5.91. The average molecular weight is 788 g/mol. The number of nitrogens with zero attached hydrogens (tertiary/aromatic N) is 1. The topological polar surface area (TPSA) is 165 Å². The highest BCUT2D eigenvalue weighted by Crippen LogP contribution is 2.31. The molecular formula is C46H53N5O7. The van der Waals surface area contributed by atoms with Crippen molar-refractivity contribution >= 4 is 28.6 Å². The zero-order chi connectivity index (χ0) is 40.3. The first-order valence-electron chi connectivity index (χ1n) is 20.4. The lowest BCUT2D eigenvalue weighted by atomic mass is 9.84. The normalized spacial score (nSPS) is 18.0. The van der Waals surface area contributed by atoms with E-state index in [4.69, 9.17) is 9.47 Å². The quantitative estimate of drug-likeness (QED) is 0.0664. The van der Waals surface area contributed by atoms with Crippen LogP contribution in [0.2, 0.25) is 0 Å².